The Hall–Kier alpha value is -2.55. The maximum atomic E-state index is 11.7. The zero-order chi connectivity index (χ0) is 14.4. The van der Waals surface area contributed by atoms with Crippen LogP contribution in [0.4, 0.5) is 4.79 Å². The van der Waals surface area contributed by atoms with Gasteiger partial charge in [0.2, 0.25) is 0 Å². The van der Waals surface area contributed by atoms with Crippen molar-refractivity contribution in [1.82, 2.24) is 10.2 Å². The lowest BCUT2D eigenvalue weighted by Crippen LogP contribution is -2.45. The van der Waals surface area contributed by atoms with Gasteiger partial charge in [0.15, 0.2) is 0 Å². The molecule has 0 aliphatic carbocycles. The Labute approximate surface area is 111 Å². The average Bonchev–Trinajstić information content (AvgIpc) is 2.43. The summed E-state index contributed by atoms with van der Waals surface area (Å²) in [5.74, 6) is -1.06. The second kappa shape index (κ2) is 6.40. The fourth-order valence-corrected chi connectivity index (χ4v) is 1.34. The van der Waals surface area contributed by atoms with Gasteiger partial charge in [-0.3, -0.25) is 0 Å². The predicted molar refractivity (Wildman–Crippen MR) is 68.3 cm³/mol. The number of nitriles is 1. The number of rotatable bonds is 4. The van der Waals surface area contributed by atoms with E-state index in [1.165, 1.54) is 14.0 Å². The lowest BCUT2D eigenvalue weighted by molar-refractivity contribution is -0.141. The Bertz CT molecular complexity index is 505. The standard InChI is InChI=1S/C13H15N3O3/c1-9(12(17)18)16(2)13(19)15-8-11-5-3-10(7-14)4-6-11/h3-6,9H,8H2,1-2H3,(H,15,19)(H,17,18). The molecule has 2 amide bonds. The van der Waals surface area contributed by atoms with E-state index in [4.69, 9.17) is 10.4 Å². The molecule has 0 radical (unpaired) electrons. The number of aliphatic carboxylic acids is 1. The number of nitrogens with zero attached hydrogens (tertiary/aromatic N) is 2. The van der Waals surface area contributed by atoms with Gasteiger partial charge in [-0.15, -0.1) is 0 Å². The molecule has 6 nitrogen and oxygen atoms in total. The molecule has 0 aromatic heterocycles. The fraction of sp³-hybridized carbons (Fsp3) is 0.308. The Morgan fingerprint density at radius 2 is 2.00 bits per heavy atom. The molecule has 0 bridgehead atoms. The number of benzene rings is 1. The largest absolute Gasteiger partial charge is 0.480 e. The third-order valence-corrected chi connectivity index (χ3v) is 2.79. The highest BCUT2D eigenvalue weighted by molar-refractivity contribution is 5.82. The number of hydrogen-bond donors (Lipinski definition) is 2. The molecule has 100 valence electrons. The first kappa shape index (κ1) is 14.5. The van der Waals surface area contributed by atoms with Gasteiger partial charge in [-0.25, -0.2) is 9.59 Å². The number of likely N-dealkylation sites (N-methyl/N-ethyl adjacent to an activating group) is 1. The van der Waals surface area contributed by atoms with Gasteiger partial charge in [0.05, 0.1) is 11.6 Å². The van der Waals surface area contributed by atoms with E-state index >= 15 is 0 Å². The molecule has 0 aliphatic rings. The molecule has 6 heteroatoms. The van der Waals surface area contributed by atoms with E-state index in [2.05, 4.69) is 5.32 Å². The number of hydrogen-bond acceptors (Lipinski definition) is 3. The predicted octanol–water partition coefficient (Wildman–Crippen LogP) is 1.17. The van der Waals surface area contributed by atoms with Crippen LogP contribution in [0.1, 0.15) is 18.1 Å². The Morgan fingerprint density at radius 3 is 2.47 bits per heavy atom. The van der Waals surface area contributed by atoms with E-state index in [0.29, 0.717) is 5.56 Å². The summed E-state index contributed by atoms with van der Waals surface area (Å²) in [6, 6.07) is 7.44. The third kappa shape index (κ3) is 4.00. The van der Waals surface area contributed by atoms with Crippen molar-refractivity contribution in [1.29, 1.82) is 5.26 Å². The molecule has 2 N–H and O–H groups in total. The lowest BCUT2D eigenvalue weighted by Gasteiger charge is -2.21. The summed E-state index contributed by atoms with van der Waals surface area (Å²) in [6.45, 7) is 1.71. The van der Waals surface area contributed by atoms with Crippen molar-refractivity contribution in [2.24, 2.45) is 0 Å². The SMILES string of the molecule is CC(C(=O)O)N(C)C(=O)NCc1ccc(C#N)cc1. The monoisotopic (exact) mass is 261 g/mol. The number of urea groups is 1. The average molecular weight is 261 g/mol. The normalized spacial score (nSPS) is 11.2. The summed E-state index contributed by atoms with van der Waals surface area (Å²) < 4.78 is 0. The van der Waals surface area contributed by atoms with E-state index < -0.39 is 18.0 Å². The topological polar surface area (TPSA) is 93.4 Å². The van der Waals surface area contributed by atoms with Crippen LogP contribution in [0, 0.1) is 11.3 Å². The maximum Gasteiger partial charge on any atom is 0.326 e. The van der Waals surface area contributed by atoms with Crippen molar-refractivity contribution < 1.29 is 14.7 Å². The maximum absolute atomic E-state index is 11.7. The molecule has 1 aromatic rings. The van der Waals surface area contributed by atoms with Crippen molar-refractivity contribution in [3.05, 3.63) is 35.4 Å². The van der Waals surface area contributed by atoms with Crippen LogP contribution in [0.5, 0.6) is 0 Å². The highest BCUT2D eigenvalue weighted by Gasteiger charge is 2.21. The number of amides is 2. The Kier molecular flexibility index (Phi) is 4.89. The summed E-state index contributed by atoms with van der Waals surface area (Å²) in [4.78, 5) is 23.5. The van der Waals surface area contributed by atoms with Crippen LogP contribution in [0.2, 0.25) is 0 Å². The zero-order valence-electron chi connectivity index (χ0n) is 10.8. The summed E-state index contributed by atoms with van der Waals surface area (Å²) in [6.07, 6.45) is 0. The number of carbonyl (C=O) groups excluding carboxylic acids is 1. The molecule has 0 fully saturated rings. The highest BCUT2D eigenvalue weighted by atomic mass is 16.4. The van der Waals surface area contributed by atoms with Crippen LogP contribution in [-0.4, -0.2) is 35.1 Å². The molecule has 0 heterocycles. The van der Waals surface area contributed by atoms with E-state index in [9.17, 15) is 9.59 Å². The van der Waals surface area contributed by atoms with E-state index in [1.54, 1.807) is 24.3 Å². The van der Waals surface area contributed by atoms with Crippen LogP contribution in [0.15, 0.2) is 24.3 Å². The summed E-state index contributed by atoms with van der Waals surface area (Å²) in [5, 5.41) is 20.1. The van der Waals surface area contributed by atoms with Crippen LogP contribution in [0.25, 0.3) is 0 Å². The lowest BCUT2D eigenvalue weighted by atomic mass is 10.1. The molecule has 0 saturated heterocycles. The number of carbonyl (C=O) groups is 2. The van der Waals surface area contributed by atoms with Crippen LogP contribution in [-0.2, 0) is 11.3 Å². The second-order valence-corrected chi connectivity index (χ2v) is 4.09. The molecule has 1 aromatic carbocycles. The number of carboxylic acids is 1. The first-order valence-corrected chi connectivity index (χ1v) is 5.68. The minimum atomic E-state index is -1.06. The van der Waals surface area contributed by atoms with E-state index in [1.807, 2.05) is 6.07 Å². The van der Waals surface area contributed by atoms with Gasteiger partial charge in [-0.05, 0) is 24.6 Å². The van der Waals surface area contributed by atoms with Gasteiger partial charge >= 0.3 is 12.0 Å². The molecule has 1 rings (SSSR count). The zero-order valence-corrected chi connectivity index (χ0v) is 10.8. The quantitative estimate of drug-likeness (QED) is 0.850. The molecule has 19 heavy (non-hydrogen) atoms. The Balaban J connectivity index is 2.54. The second-order valence-electron chi connectivity index (χ2n) is 4.09. The first-order valence-electron chi connectivity index (χ1n) is 5.68. The van der Waals surface area contributed by atoms with Crippen LogP contribution < -0.4 is 5.32 Å². The molecule has 0 spiro atoms. The van der Waals surface area contributed by atoms with Crippen LogP contribution >= 0.6 is 0 Å². The van der Waals surface area contributed by atoms with Crippen molar-refractivity contribution in [3.63, 3.8) is 0 Å². The molecule has 0 aliphatic heterocycles. The summed E-state index contributed by atoms with van der Waals surface area (Å²) >= 11 is 0. The first-order chi connectivity index (χ1) is 8.95. The van der Waals surface area contributed by atoms with E-state index in [0.717, 1.165) is 10.5 Å². The minimum Gasteiger partial charge on any atom is -0.480 e. The Morgan fingerprint density at radius 1 is 1.42 bits per heavy atom. The molecule has 0 saturated carbocycles. The van der Waals surface area contributed by atoms with Crippen molar-refractivity contribution in [2.45, 2.75) is 19.5 Å². The number of nitrogens with one attached hydrogen (secondary N) is 1. The van der Waals surface area contributed by atoms with Crippen molar-refractivity contribution >= 4 is 12.0 Å². The number of carboxylic acid groups (broad SMARTS) is 1. The summed E-state index contributed by atoms with van der Waals surface area (Å²) in [5.41, 5.74) is 1.38. The van der Waals surface area contributed by atoms with E-state index in [-0.39, 0.29) is 6.54 Å². The molecule has 1 unspecified atom stereocenters. The third-order valence-electron chi connectivity index (χ3n) is 2.79. The van der Waals surface area contributed by atoms with Crippen molar-refractivity contribution in [3.8, 4) is 6.07 Å². The molecule has 1 atom stereocenters. The van der Waals surface area contributed by atoms with Crippen LogP contribution in [0.3, 0.4) is 0 Å². The molecular formula is C13H15N3O3. The van der Waals surface area contributed by atoms with Gasteiger partial charge in [-0.2, -0.15) is 5.26 Å². The van der Waals surface area contributed by atoms with Gasteiger partial charge in [-0.1, -0.05) is 12.1 Å². The van der Waals surface area contributed by atoms with Gasteiger partial charge in [0.1, 0.15) is 6.04 Å². The summed E-state index contributed by atoms with van der Waals surface area (Å²) in [7, 11) is 1.42. The minimum absolute atomic E-state index is 0.279. The van der Waals surface area contributed by atoms with Gasteiger partial charge < -0.3 is 15.3 Å². The van der Waals surface area contributed by atoms with Gasteiger partial charge in [0.25, 0.3) is 0 Å². The fourth-order valence-electron chi connectivity index (χ4n) is 1.34. The van der Waals surface area contributed by atoms with Crippen molar-refractivity contribution in [2.75, 3.05) is 7.05 Å². The molecular weight excluding hydrogens is 246 g/mol. The van der Waals surface area contributed by atoms with Gasteiger partial charge in [0, 0.05) is 13.6 Å². The smallest absolute Gasteiger partial charge is 0.326 e. The highest BCUT2D eigenvalue weighted by Crippen LogP contribution is 2.03.